The van der Waals surface area contributed by atoms with Crippen molar-refractivity contribution in [2.45, 2.75) is 20.3 Å². The number of aryl methyl sites for hydroxylation is 1. The fourth-order valence-corrected chi connectivity index (χ4v) is 2.92. The second-order valence-electron chi connectivity index (χ2n) is 6.13. The molecule has 1 heterocycles. The van der Waals surface area contributed by atoms with E-state index in [0.29, 0.717) is 5.95 Å². The number of nitrogens with one attached hydrogen (secondary N) is 1. The molecule has 4 nitrogen and oxygen atoms in total. The summed E-state index contributed by atoms with van der Waals surface area (Å²) in [7, 11) is 0. The van der Waals surface area contributed by atoms with Crippen LogP contribution in [0.4, 0.5) is 17.5 Å². The van der Waals surface area contributed by atoms with Crippen molar-refractivity contribution < 1.29 is 0 Å². The van der Waals surface area contributed by atoms with Gasteiger partial charge in [0.15, 0.2) is 0 Å². The first-order valence-electron chi connectivity index (χ1n) is 8.81. The number of hydrogen-bond acceptors (Lipinski definition) is 4. The minimum absolute atomic E-state index is 0.703. The lowest BCUT2D eigenvalue weighted by Gasteiger charge is -2.21. The molecule has 0 aliphatic rings. The molecule has 0 spiro atoms. The number of rotatable bonds is 7. The van der Waals surface area contributed by atoms with Gasteiger partial charge in [-0.25, -0.2) is 4.98 Å². The van der Waals surface area contributed by atoms with Gasteiger partial charge in [0.05, 0.1) is 0 Å². The van der Waals surface area contributed by atoms with Crippen LogP contribution in [0, 0.1) is 6.92 Å². The van der Waals surface area contributed by atoms with Crippen LogP contribution in [0.15, 0.2) is 60.8 Å². The summed E-state index contributed by atoms with van der Waals surface area (Å²) in [6.45, 7) is 5.80. The minimum atomic E-state index is 0.703. The average molecular weight is 367 g/mol. The Kier molecular flexibility index (Phi) is 6.08. The summed E-state index contributed by atoms with van der Waals surface area (Å²) >= 11 is 5.93. The normalized spacial score (nSPS) is 10.6. The van der Waals surface area contributed by atoms with E-state index in [0.717, 1.165) is 36.0 Å². The molecule has 26 heavy (non-hydrogen) atoms. The highest BCUT2D eigenvalue weighted by atomic mass is 35.5. The molecule has 0 atom stereocenters. The maximum absolute atomic E-state index is 5.93. The molecule has 2 aromatic carbocycles. The van der Waals surface area contributed by atoms with Gasteiger partial charge in [0.25, 0.3) is 0 Å². The van der Waals surface area contributed by atoms with E-state index in [4.69, 9.17) is 11.6 Å². The van der Waals surface area contributed by atoms with Gasteiger partial charge in [-0.2, -0.15) is 4.98 Å². The van der Waals surface area contributed by atoms with Gasteiger partial charge in [0.1, 0.15) is 5.82 Å². The smallest absolute Gasteiger partial charge is 0.231 e. The highest BCUT2D eigenvalue weighted by Gasteiger charge is 2.11. The molecule has 0 saturated heterocycles. The van der Waals surface area contributed by atoms with Crippen molar-refractivity contribution in [2.24, 2.45) is 0 Å². The Bertz CT molecular complexity index is 849. The van der Waals surface area contributed by atoms with Gasteiger partial charge in [-0.1, -0.05) is 35.9 Å². The zero-order chi connectivity index (χ0) is 18.4. The second kappa shape index (κ2) is 8.68. The zero-order valence-corrected chi connectivity index (χ0v) is 15.9. The fraction of sp³-hybridized carbons (Fsp3) is 0.238. The number of nitrogens with zero attached hydrogens (tertiary/aromatic N) is 3. The first kappa shape index (κ1) is 18.2. The van der Waals surface area contributed by atoms with Gasteiger partial charge in [-0.15, -0.1) is 0 Å². The monoisotopic (exact) mass is 366 g/mol. The average Bonchev–Trinajstić information content (AvgIpc) is 2.65. The number of anilines is 3. The highest BCUT2D eigenvalue weighted by molar-refractivity contribution is 6.30. The van der Waals surface area contributed by atoms with Crippen LogP contribution < -0.4 is 10.2 Å². The molecule has 0 aliphatic carbocycles. The SMILES string of the molecule is CCN(c1cccc(C)c1)c1nccc(NCCc2ccc(Cl)cc2)n1. The largest absolute Gasteiger partial charge is 0.370 e. The molecule has 0 unspecified atom stereocenters. The fourth-order valence-electron chi connectivity index (χ4n) is 2.80. The van der Waals surface area contributed by atoms with Crippen molar-refractivity contribution in [3.63, 3.8) is 0 Å². The van der Waals surface area contributed by atoms with E-state index >= 15 is 0 Å². The van der Waals surface area contributed by atoms with Gasteiger partial charge >= 0.3 is 0 Å². The topological polar surface area (TPSA) is 41.1 Å². The van der Waals surface area contributed by atoms with Crippen molar-refractivity contribution in [1.82, 2.24) is 9.97 Å². The zero-order valence-electron chi connectivity index (χ0n) is 15.1. The molecule has 1 N–H and O–H groups in total. The van der Waals surface area contributed by atoms with E-state index in [1.807, 2.05) is 30.3 Å². The molecule has 5 heteroatoms. The molecule has 1 aromatic heterocycles. The Morgan fingerprint density at radius 1 is 1.08 bits per heavy atom. The molecule has 3 rings (SSSR count). The number of benzene rings is 2. The molecular formula is C21H23ClN4. The Morgan fingerprint density at radius 2 is 1.88 bits per heavy atom. The third-order valence-electron chi connectivity index (χ3n) is 4.15. The standard InChI is InChI=1S/C21H23ClN4/c1-3-26(19-6-4-5-16(2)15-19)21-24-14-12-20(25-21)23-13-11-17-7-9-18(22)10-8-17/h4-10,12,14-15H,3,11,13H2,1-2H3,(H,23,24,25). The van der Waals surface area contributed by atoms with Crippen LogP contribution in [0.1, 0.15) is 18.1 Å². The van der Waals surface area contributed by atoms with Gasteiger partial charge < -0.3 is 10.2 Å². The van der Waals surface area contributed by atoms with E-state index in [1.165, 1.54) is 11.1 Å². The maximum Gasteiger partial charge on any atom is 0.231 e. The van der Waals surface area contributed by atoms with Crippen LogP contribution in [0.5, 0.6) is 0 Å². The van der Waals surface area contributed by atoms with Crippen LogP contribution in [-0.4, -0.2) is 23.1 Å². The number of aromatic nitrogens is 2. The van der Waals surface area contributed by atoms with Gasteiger partial charge in [0.2, 0.25) is 5.95 Å². The first-order valence-corrected chi connectivity index (χ1v) is 9.19. The van der Waals surface area contributed by atoms with E-state index in [-0.39, 0.29) is 0 Å². The molecule has 134 valence electrons. The summed E-state index contributed by atoms with van der Waals surface area (Å²) in [5, 5.41) is 4.14. The number of halogens is 1. The minimum Gasteiger partial charge on any atom is -0.370 e. The predicted molar refractivity (Wildman–Crippen MR) is 110 cm³/mol. The van der Waals surface area contributed by atoms with Crippen LogP contribution in [0.25, 0.3) is 0 Å². The quantitative estimate of drug-likeness (QED) is 0.620. The van der Waals surface area contributed by atoms with Crippen LogP contribution in [-0.2, 0) is 6.42 Å². The number of hydrogen-bond donors (Lipinski definition) is 1. The molecule has 0 fully saturated rings. The van der Waals surface area contributed by atoms with Crippen molar-refractivity contribution in [2.75, 3.05) is 23.3 Å². The Labute approximate surface area is 159 Å². The van der Waals surface area contributed by atoms with Crippen molar-refractivity contribution in [3.8, 4) is 0 Å². The lowest BCUT2D eigenvalue weighted by molar-refractivity contribution is 0.936. The first-order chi connectivity index (χ1) is 12.7. The van der Waals surface area contributed by atoms with E-state index in [9.17, 15) is 0 Å². The molecule has 0 radical (unpaired) electrons. The molecule has 3 aromatic rings. The molecule has 0 saturated carbocycles. The predicted octanol–water partition coefficient (Wildman–Crippen LogP) is 5.25. The lowest BCUT2D eigenvalue weighted by atomic mass is 10.1. The maximum atomic E-state index is 5.93. The van der Waals surface area contributed by atoms with Gasteiger partial charge in [-0.3, -0.25) is 0 Å². The summed E-state index contributed by atoms with van der Waals surface area (Å²) in [5.41, 5.74) is 3.56. The van der Waals surface area contributed by atoms with Crippen LogP contribution in [0.3, 0.4) is 0 Å². The van der Waals surface area contributed by atoms with Crippen molar-refractivity contribution >= 4 is 29.1 Å². The van der Waals surface area contributed by atoms with E-state index in [1.54, 1.807) is 6.20 Å². The van der Waals surface area contributed by atoms with Crippen molar-refractivity contribution in [1.29, 1.82) is 0 Å². The van der Waals surface area contributed by atoms with Gasteiger partial charge in [0, 0.05) is 30.0 Å². The third-order valence-corrected chi connectivity index (χ3v) is 4.40. The van der Waals surface area contributed by atoms with Crippen molar-refractivity contribution in [3.05, 3.63) is 76.9 Å². The molecule has 0 amide bonds. The van der Waals surface area contributed by atoms with Crippen LogP contribution >= 0.6 is 11.6 Å². The second-order valence-corrected chi connectivity index (χ2v) is 6.56. The molecular weight excluding hydrogens is 344 g/mol. The summed E-state index contributed by atoms with van der Waals surface area (Å²) in [6, 6.07) is 18.2. The van der Waals surface area contributed by atoms with Crippen LogP contribution in [0.2, 0.25) is 5.02 Å². The summed E-state index contributed by atoms with van der Waals surface area (Å²) < 4.78 is 0. The molecule has 0 aliphatic heterocycles. The summed E-state index contributed by atoms with van der Waals surface area (Å²) in [5.74, 6) is 1.53. The van der Waals surface area contributed by atoms with E-state index < -0.39 is 0 Å². The third kappa shape index (κ3) is 4.73. The lowest BCUT2D eigenvalue weighted by Crippen LogP contribution is -2.19. The summed E-state index contributed by atoms with van der Waals surface area (Å²) in [4.78, 5) is 11.2. The van der Waals surface area contributed by atoms with E-state index in [2.05, 4.69) is 58.3 Å². The van der Waals surface area contributed by atoms with Gasteiger partial charge in [-0.05, 0) is 61.7 Å². The molecule has 0 bridgehead atoms. The summed E-state index contributed by atoms with van der Waals surface area (Å²) in [6.07, 6.45) is 2.71. The Morgan fingerprint density at radius 3 is 2.62 bits per heavy atom. The Balaban J connectivity index is 1.67. The highest BCUT2D eigenvalue weighted by Crippen LogP contribution is 2.23. The Hall–Kier alpha value is -2.59.